The summed E-state index contributed by atoms with van der Waals surface area (Å²) in [5.74, 6) is -3.09. The molecule has 3 rings (SSSR count). The molecule has 0 saturated carbocycles. The molecule has 3 amide bonds. The van der Waals surface area contributed by atoms with Crippen LogP contribution in [0.5, 0.6) is 0 Å². The summed E-state index contributed by atoms with van der Waals surface area (Å²) in [7, 11) is 1.19. The van der Waals surface area contributed by atoms with Crippen molar-refractivity contribution < 1.29 is 38.5 Å². The topological polar surface area (TPSA) is 152 Å². The maximum absolute atomic E-state index is 13.9. The number of carbonyl (C=O) groups is 4. The van der Waals surface area contributed by atoms with E-state index in [9.17, 15) is 24.3 Å². The van der Waals surface area contributed by atoms with Crippen LogP contribution in [0.2, 0.25) is 0 Å². The zero-order chi connectivity index (χ0) is 36.0. The van der Waals surface area contributed by atoms with Gasteiger partial charge in [0.1, 0.15) is 24.2 Å². The van der Waals surface area contributed by atoms with Crippen LogP contribution < -0.4 is 16.0 Å². The number of rotatable bonds is 15. The van der Waals surface area contributed by atoms with Gasteiger partial charge in [-0.2, -0.15) is 0 Å². The molecule has 0 saturated heterocycles. The largest absolute Gasteiger partial charge is 0.469 e. The number of hydrogen-bond acceptors (Lipinski definition) is 8. The van der Waals surface area contributed by atoms with Gasteiger partial charge in [-0.05, 0) is 56.2 Å². The Labute approximate surface area is 288 Å². The smallest absolute Gasteiger partial charge is 0.408 e. The number of nitrogens with one attached hydrogen (secondary N) is 3. The number of ether oxygens (including phenoxy) is 3. The number of carbonyl (C=O) groups excluding carboxylic acids is 4. The molecular formula is C38H49N3O8. The summed E-state index contributed by atoms with van der Waals surface area (Å²) in [5, 5.41) is 20.4. The Hall–Kier alpha value is -4.90. The SMILES string of the molecule is COC(=O)[C@@H]([C@H](O)[C@H](Cc1ccccc1)NC(=O)[C@@H](NC(=O)OCc1ccccc1)C(C)C)[C@H](Cc1ccccc1)NC(=O)OC(C)(C)C. The molecule has 11 nitrogen and oxygen atoms in total. The zero-order valence-corrected chi connectivity index (χ0v) is 29.1. The van der Waals surface area contributed by atoms with Gasteiger partial charge in [0, 0.05) is 0 Å². The van der Waals surface area contributed by atoms with Gasteiger partial charge in [0.05, 0.1) is 25.3 Å². The quantitative estimate of drug-likeness (QED) is 0.131. The molecular weight excluding hydrogens is 626 g/mol. The van der Waals surface area contributed by atoms with Gasteiger partial charge in [-0.15, -0.1) is 0 Å². The van der Waals surface area contributed by atoms with Crippen LogP contribution in [0.3, 0.4) is 0 Å². The number of benzene rings is 3. The fraction of sp³-hybridized carbons (Fsp3) is 0.421. The van der Waals surface area contributed by atoms with Crippen LogP contribution in [0, 0.1) is 11.8 Å². The van der Waals surface area contributed by atoms with Gasteiger partial charge in [-0.3, -0.25) is 9.59 Å². The van der Waals surface area contributed by atoms with Gasteiger partial charge >= 0.3 is 18.2 Å². The number of aliphatic hydroxyl groups excluding tert-OH is 1. The highest BCUT2D eigenvalue weighted by atomic mass is 16.6. The molecule has 3 aromatic rings. The third-order valence-corrected chi connectivity index (χ3v) is 7.75. The third kappa shape index (κ3) is 12.9. The number of methoxy groups -OCH3 is 1. The molecule has 0 radical (unpaired) electrons. The molecule has 3 aromatic carbocycles. The van der Waals surface area contributed by atoms with E-state index in [-0.39, 0.29) is 25.4 Å². The van der Waals surface area contributed by atoms with Crippen molar-refractivity contribution in [1.29, 1.82) is 0 Å². The number of hydrogen-bond donors (Lipinski definition) is 4. The van der Waals surface area contributed by atoms with E-state index in [0.717, 1.165) is 16.7 Å². The second kappa shape index (κ2) is 18.6. The maximum Gasteiger partial charge on any atom is 0.408 e. The second-order valence-corrected chi connectivity index (χ2v) is 13.2. The lowest BCUT2D eigenvalue weighted by Gasteiger charge is -2.35. The lowest BCUT2D eigenvalue weighted by atomic mass is 9.83. The Morgan fingerprint density at radius 1 is 0.694 bits per heavy atom. The van der Waals surface area contributed by atoms with E-state index in [2.05, 4.69) is 16.0 Å². The van der Waals surface area contributed by atoms with Crippen LogP contribution >= 0.6 is 0 Å². The van der Waals surface area contributed by atoms with Crippen molar-refractivity contribution in [2.75, 3.05) is 7.11 Å². The number of amides is 3. The van der Waals surface area contributed by atoms with Crippen LogP contribution in [0.4, 0.5) is 9.59 Å². The van der Waals surface area contributed by atoms with Gasteiger partial charge in [0.25, 0.3) is 0 Å². The normalized spacial score (nSPS) is 14.4. The van der Waals surface area contributed by atoms with Gasteiger partial charge < -0.3 is 35.3 Å². The summed E-state index contributed by atoms with van der Waals surface area (Å²) in [5.41, 5.74) is 1.51. The molecule has 0 fully saturated rings. The monoisotopic (exact) mass is 675 g/mol. The average molecular weight is 676 g/mol. The van der Waals surface area contributed by atoms with Crippen LogP contribution in [0.15, 0.2) is 91.0 Å². The maximum atomic E-state index is 13.9. The first-order valence-electron chi connectivity index (χ1n) is 16.4. The molecule has 0 unspecified atom stereocenters. The van der Waals surface area contributed by atoms with E-state index in [4.69, 9.17) is 14.2 Å². The van der Waals surface area contributed by atoms with Crippen molar-refractivity contribution in [3.8, 4) is 0 Å². The molecule has 264 valence electrons. The Kier molecular flexibility index (Phi) is 14.6. The van der Waals surface area contributed by atoms with Crippen molar-refractivity contribution in [3.63, 3.8) is 0 Å². The molecule has 5 atom stereocenters. The Balaban J connectivity index is 1.93. The Morgan fingerprint density at radius 2 is 1.18 bits per heavy atom. The minimum absolute atomic E-state index is 0.0166. The molecule has 0 aromatic heterocycles. The highest BCUT2D eigenvalue weighted by Gasteiger charge is 2.42. The van der Waals surface area contributed by atoms with Crippen molar-refractivity contribution in [2.45, 2.75) is 83.9 Å². The number of aliphatic hydroxyl groups is 1. The predicted molar refractivity (Wildman–Crippen MR) is 185 cm³/mol. The first-order chi connectivity index (χ1) is 23.3. The van der Waals surface area contributed by atoms with Crippen LogP contribution in [-0.4, -0.2) is 66.1 Å². The molecule has 0 aliphatic carbocycles. The standard InChI is InChI=1S/C38H49N3O8/c1-25(2)32(41-36(45)48-24-28-20-14-9-15-21-28)34(43)39-30(23-27-18-12-8-13-19-27)33(42)31(35(44)47-6)29(22-26-16-10-7-11-17-26)40-37(46)49-38(3,4)5/h7-21,25,29-33,42H,22-24H2,1-6H3,(H,39,43)(H,40,46)(H,41,45)/t29-,30-,31+,32-,33+/m0/s1. The minimum atomic E-state index is -1.56. The summed E-state index contributed by atoms with van der Waals surface area (Å²) in [6.07, 6.45) is -2.86. The molecule has 49 heavy (non-hydrogen) atoms. The predicted octanol–water partition coefficient (Wildman–Crippen LogP) is 4.95. The fourth-order valence-electron chi connectivity index (χ4n) is 5.35. The molecule has 0 bridgehead atoms. The number of esters is 1. The van der Waals surface area contributed by atoms with Crippen molar-refractivity contribution >= 4 is 24.1 Å². The van der Waals surface area contributed by atoms with Crippen molar-refractivity contribution in [2.24, 2.45) is 11.8 Å². The molecule has 11 heteroatoms. The van der Waals surface area contributed by atoms with Crippen molar-refractivity contribution in [3.05, 3.63) is 108 Å². The van der Waals surface area contributed by atoms with E-state index >= 15 is 0 Å². The van der Waals surface area contributed by atoms with Gasteiger partial charge in [0.15, 0.2) is 0 Å². The summed E-state index contributed by atoms with van der Waals surface area (Å²) in [4.78, 5) is 53.2. The van der Waals surface area contributed by atoms with Crippen molar-refractivity contribution in [1.82, 2.24) is 16.0 Å². The minimum Gasteiger partial charge on any atom is -0.469 e. The summed E-state index contributed by atoms with van der Waals surface area (Å²) >= 11 is 0. The summed E-state index contributed by atoms with van der Waals surface area (Å²) in [6, 6.07) is 24.4. The van der Waals surface area contributed by atoms with Crippen LogP contribution in [-0.2, 0) is 43.2 Å². The summed E-state index contributed by atoms with van der Waals surface area (Å²) < 4.78 is 16.0. The van der Waals surface area contributed by atoms with Gasteiger partial charge in [-0.1, -0.05) is 105 Å². The van der Waals surface area contributed by atoms with Crippen LogP contribution in [0.25, 0.3) is 0 Å². The zero-order valence-electron chi connectivity index (χ0n) is 29.1. The van der Waals surface area contributed by atoms with E-state index in [1.54, 1.807) is 34.6 Å². The highest BCUT2D eigenvalue weighted by molar-refractivity contribution is 5.86. The summed E-state index contributed by atoms with van der Waals surface area (Å²) in [6.45, 7) is 8.70. The highest BCUT2D eigenvalue weighted by Crippen LogP contribution is 2.23. The second-order valence-electron chi connectivity index (χ2n) is 13.2. The first-order valence-corrected chi connectivity index (χ1v) is 16.4. The lowest BCUT2D eigenvalue weighted by Crippen LogP contribution is -2.60. The van der Waals surface area contributed by atoms with Gasteiger partial charge in [-0.25, -0.2) is 9.59 Å². The van der Waals surface area contributed by atoms with E-state index in [1.165, 1.54) is 7.11 Å². The molecule has 0 aliphatic heterocycles. The Morgan fingerprint density at radius 3 is 1.65 bits per heavy atom. The Bertz CT molecular complexity index is 1480. The first kappa shape index (κ1) is 38.5. The van der Waals surface area contributed by atoms with E-state index < -0.39 is 59.8 Å². The third-order valence-electron chi connectivity index (χ3n) is 7.75. The molecule has 0 spiro atoms. The van der Waals surface area contributed by atoms with Crippen LogP contribution in [0.1, 0.15) is 51.3 Å². The molecule has 0 heterocycles. The lowest BCUT2D eigenvalue weighted by molar-refractivity contribution is -0.152. The van der Waals surface area contributed by atoms with E-state index in [1.807, 2.05) is 91.0 Å². The number of alkyl carbamates (subject to hydrolysis) is 2. The fourth-order valence-corrected chi connectivity index (χ4v) is 5.35. The average Bonchev–Trinajstić information content (AvgIpc) is 3.06. The molecule has 4 N–H and O–H groups in total. The van der Waals surface area contributed by atoms with Gasteiger partial charge in [0.2, 0.25) is 5.91 Å². The van der Waals surface area contributed by atoms with E-state index in [0.29, 0.717) is 0 Å². The molecule has 0 aliphatic rings.